The molecule has 2 rings (SSSR count). The van der Waals surface area contributed by atoms with E-state index in [0.29, 0.717) is 5.75 Å². The summed E-state index contributed by atoms with van der Waals surface area (Å²) in [6.07, 6.45) is 1.61. The van der Waals surface area contributed by atoms with Gasteiger partial charge in [0.1, 0.15) is 5.76 Å². The van der Waals surface area contributed by atoms with E-state index < -0.39 is 0 Å². The first-order valence-electron chi connectivity index (χ1n) is 4.61. The molecular formula is C12H10O2S. The van der Waals surface area contributed by atoms with E-state index in [1.165, 1.54) is 11.8 Å². The van der Waals surface area contributed by atoms with E-state index in [1.54, 1.807) is 6.26 Å². The Labute approximate surface area is 92.3 Å². The lowest BCUT2D eigenvalue weighted by Gasteiger charge is -1.98. The van der Waals surface area contributed by atoms with Gasteiger partial charge in [0.05, 0.1) is 12.0 Å². The van der Waals surface area contributed by atoms with Gasteiger partial charge in [0.2, 0.25) is 5.12 Å². The van der Waals surface area contributed by atoms with Crippen molar-refractivity contribution in [2.45, 2.75) is 5.75 Å². The molecular weight excluding hydrogens is 208 g/mol. The molecule has 0 atom stereocenters. The van der Waals surface area contributed by atoms with Gasteiger partial charge in [0.15, 0.2) is 0 Å². The van der Waals surface area contributed by atoms with Crippen molar-refractivity contribution in [3.8, 4) is 0 Å². The summed E-state index contributed by atoms with van der Waals surface area (Å²) in [6.45, 7) is 0. The van der Waals surface area contributed by atoms with Crippen molar-refractivity contribution >= 4 is 16.9 Å². The molecule has 3 heteroatoms. The SMILES string of the molecule is O=C(SCc1ccco1)c1ccccc1. The van der Waals surface area contributed by atoms with Crippen LogP contribution in [0, 0.1) is 0 Å². The maximum absolute atomic E-state index is 11.7. The quantitative estimate of drug-likeness (QED) is 0.791. The summed E-state index contributed by atoms with van der Waals surface area (Å²) in [6, 6.07) is 12.9. The predicted molar refractivity (Wildman–Crippen MR) is 60.8 cm³/mol. The number of carbonyl (C=O) groups is 1. The van der Waals surface area contributed by atoms with Gasteiger partial charge in [-0.05, 0) is 12.1 Å². The van der Waals surface area contributed by atoms with E-state index in [9.17, 15) is 4.79 Å². The minimum absolute atomic E-state index is 0.0759. The van der Waals surface area contributed by atoms with Crippen molar-refractivity contribution < 1.29 is 9.21 Å². The van der Waals surface area contributed by atoms with Crippen LogP contribution >= 0.6 is 11.8 Å². The Morgan fingerprint density at radius 2 is 1.93 bits per heavy atom. The lowest BCUT2D eigenvalue weighted by Crippen LogP contribution is -1.92. The molecule has 1 aromatic carbocycles. The molecule has 0 saturated heterocycles. The maximum Gasteiger partial charge on any atom is 0.219 e. The summed E-state index contributed by atoms with van der Waals surface area (Å²) < 4.78 is 5.15. The molecule has 0 unspecified atom stereocenters. The van der Waals surface area contributed by atoms with Crippen LogP contribution in [0.5, 0.6) is 0 Å². The number of carbonyl (C=O) groups excluding carboxylic acids is 1. The largest absolute Gasteiger partial charge is 0.468 e. The Morgan fingerprint density at radius 1 is 1.13 bits per heavy atom. The molecule has 0 radical (unpaired) electrons. The topological polar surface area (TPSA) is 30.2 Å². The van der Waals surface area contributed by atoms with Crippen LogP contribution in [0.4, 0.5) is 0 Å². The van der Waals surface area contributed by atoms with Gasteiger partial charge in [-0.15, -0.1) is 0 Å². The van der Waals surface area contributed by atoms with E-state index in [0.717, 1.165) is 11.3 Å². The summed E-state index contributed by atoms with van der Waals surface area (Å²) in [5, 5.41) is 0.0759. The van der Waals surface area contributed by atoms with Crippen LogP contribution in [0.3, 0.4) is 0 Å². The summed E-state index contributed by atoms with van der Waals surface area (Å²) in [7, 11) is 0. The van der Waals surface area contributed by atoms with Crippen LogP contribution in [0.1, 0.15) is 16.1 Å². The van der Waals surface area contributed by atoms with Crippen molar-refractivity contribution in [3.05, 3.63) is 60.1 Å². The number of benzene rings is 1. The fourth-order valence-electron chi connectivity index (χ4n) is 1.19. The summed E-state index contributed by atoms with van der Waals surface area (Å²) >= 11 is 1.25. The first-order chi connectivity index (χ1) is 7.36. The average Bonchev–Trinajstić information content (AvgIpc) is 2.80. The highest BCUT2D eigenvalue weighted by Crippen LogP contribution is 2.17. The molecule has 0 saturated carbocycles. The lowest BCUT2D eigenvalue weighted by molar-refractivity contribution is 0.108. The monoisotopic (exact) mass is 218 g/mol. The zero-order chi connectivity index (χ0) is 10.5. The van der Waals surface area contributed by atoms with Crippen LogP contribution < -0.4 is 0 Å². The number of hydrogen-bond acceptors (Lipinski definition) is 3. The third-order valence-corrected chi connectivity index (χ3v) is 2.86. The number of hydrogen-bond donors (Lipinski definition) is 0. The summed E-state index contributed by atoms with van der Waals surface area (Å²) in [5.74, 6) is 1.41. The second-order valence-electron chi connectivity index (χ2n) is 3.02. The molecule has 0 spiro atoms. The predicted octanol–water partition coefficient (Wildman–Crippen LogP) is 3.35. The van der Waals surface area contributed by atoms with Crippen molar-refractivity contribution in [3.63, 3.8) is 0 Å². The van der Waals surface area contributed by atoms with Gasteiger partial charge in [-0.1, -0.05) is 42.1 Å². The molecule has 2 nitrogen and oxygen atoms in total. The highest BCUT2D eigenvalue weighted by Gasteiger charge is 2.06. The zero-order valence-corrected chi connectivity index (χ0v) is 8.87. The van der Waals surface area contributed by atoms with Gasteiger partial charge < -0.3 is 4.42 Å². The van der Waals surface area contributed by atoms with Gasteiger partial charge >= 0.3 is 0 Å². The molecule has 2 aromatic rings. The Balaban J connectivity index is 1.94. The van der Waals surface area contributed by atoms with E-state index in [1.807, 2.05) is 42.5 Å². The van der Waals surface area contributed by atoms with Crippen LogP contribution in [0.2, 0.25) is 0 Å². The Bertz CT molecular complexity index is 420. The highest BCUT2D eigenvalue weighted by molar-refractivity contribution is 8.13. The molecule has 0 amide bonds. The molecule has 15 heavy (non-hydrogen) atoms. The number of rotatable bonds is 3. The molecule has 0 fully saturated rings. The van der Waals surface area contributed by atoms with Crippen molar-refractivity contribution in [2.75, 3.05) is 0 Å². The normalized spacial score (nSPS) is 10.1. The first kappa shape index (κ1) is 10.1. The van der Waals surface area contributed by atoms with Crippen molar-refractivity contribution in [2.24, 2.45) is 0 Å². The maximum atomic E-state index is 11.7. The Morgan fingerprint density at radius 3 is 2.60 bits per heavy atom. The standard InChI is InChI=1S/C12H10O2S/c13-12(10-5-2-1-3-6-10)15-9-11-7-4-8-14-11/h1-8H,9H2. The van der Waals surface area contributed by atoms with Gasteiger partial charge in [-0.2, -0.15) is 0 Å². The number of thioether (sulfide) groups is 1. The van der Waals surface area contributed by atoms with Crippen LogP contribution in [0.15, 0.2) is 53.1 Å². The lowest BCUT2D eigenvalue weighted by atomic mass is 10.2. The molecule has 0 aliphatic carbocycles. The Kier molecular flexibility index (Phi) is 3.25. The molecule has 1 heterocycles. The molecule has 0 bridgehead atoms. The first-order valence-corrected chi connectivity index (χ1v) is 5.59. The third kappa shape index (κ3) is 2.73. The minimum Gasteiger partial charge on any atom is -0.468 e. The third-order valence-electron chi connectivity index (χ3n) is 1.94. The Hall–Kier alpha value is -1.48. The summed E-state index contributed by atoms with van der Waals surface area (Å²) in [4.78, 5) is 11.7. The average molecular weight is 218 g/mol. The van der Waals surface area contributed by atoms with Gasteiger partial charge in [-0.25, -0.2) is 0 Å². The molecule has 0 N–H and O–H groups in total. The van der Waals surface area contributed by atoms with Gasteiger partial charge in [0.25, 0.3) is 0 Å². The van der Waals surface area contributed by atoms with Crippen LogP contribution in [-0.4, -0.2) is 5.12 Å². The molecule has 0 aliphatic heterocycles. The van der Waals surface area contributed by atoms with E-state index >= 15 is 0 Å². The number of furan rings is 1. The summed E-state index contributed by atoms with van der Waals surface area (Å²) in [5.41, 5.74) is 0.731. The van der Waals surface area contributed by atoms with Crippen LogP contribution in [-0.2, 0) is 5.75 Å². The highest BCUT2D eigenvalue weighted by atomic mass is 32.2. The fourth-order valence-corrected chi connectivity index (χ4v) is 1.93. The van der Waals surface area contributed by atoms with E-state index in [2.05, 4.69) is 0 Å². The second kappa shape index (κ2) is 4.84. The molecule has 0 aliphatic rings. The fraction of sp³-hybridized carbons (Fsp3) is 0.0833. The smallest absolute Gasteiger partial charge is 0.219 e. The van der Waals surface area contributed by atoms with Crippen molar-refractivity contribution in [1.82, 2.24) is 0 Å². The van der Waals surface area contributed by atoms with E-state index in [4.69, 9.17) is 4.42 Å². The van der Waals surface area contributed by atoms with Gasteiger partial charge in [-0.3, -0.25) is 4.79 Å². The van der Waals surface area contributed by atoms with Gasteiger partial charge in [0, 0.05) is 5.56 Å². The molecule has 1 aromatic heterocycles. The van der Waals surface area contributed by atoms with E-state index in [-0.39, 0.29) is 5.12 Å². The minimum atomic E-state index is 0.0759. The second-order valence-corrected chi connectivity index (χ2v) is 3.97. The van der Waals surface area contributed by atoms with Crippen LogP contribution in [0.25, 0.3) is 0 Å². The zero-order valence-electron chi connectivity index (χ0n) is 8.05. The molecule has 76 valence electrons. The van der Waals surface area contributed by atoms with Crippen molar-refractivity contribution in [1.29, 1.82) is 0 Å².